The molecule has 0 bridgehead atoms. The lowest BCUT2D eigenvalue weighted by atomic mass is 10.1. The van der Waals surface area contributed by atoms with Crippen LogP contribution in [0.3, 0.4) is 0 Å². The number of likely N-dealkylation sites (N-methyl/N-ethyl adjacent to an activating group) is 1. The first-order chi connectivity index (χ1) is 6.97. The van der Waals surface area contributed by atoms with Gasteiger partial charge in [0.15, 0.2) is 0 Å². The van der Waals surface area contributed by atoms with E-state index in [2.05, 4.69) is 6.58 Å². The molecule has 0 aliphatic carbocycles. The Balaban J connectivity index is 3.65. The van der Waals surface area contributed by atoms with Gasteiger partial charge in [-0.25, -0.2) is 0 Å². The van der Waals surface area contributed by atoms with E-state index < -0.39 is 0 Å². The third-order valence-electron chi connectivity index (χ3n) is 1.82. The SMILES string of the molecule is C=CC(=O)N(C)CCOC(=O)CC(C)C. The number of esters is 1. The van der Waals surface area contributed by atoms with Crippen molar-refractivity contribution in [1.29, 1.82) is 0 Å². The second kappa shape index (κ2) is 7.04. The van der Waals surface area contributed by atoms with Crippen LogP contribution in [0, 0.1) is 5.92 Å². The highest BCUT2D eigenvalue weighted by Gasteiger charge is 2.07. The molecule has 15 heavy (non-hydrogen) atoms. The Kier molecular flexibility index (Phi) is 6.42. The maximum absolute atomic E-state index is 11.1. The first-order valence-electron chi connectivity index (χ1n) is 5.00. The van der Waals surface area contributed by atoms with E-state index in [1.54, 1.807) is 7.05 Å². The van der Waals surface area contributed by atoms with Crippen LogP contribution < -0.4 is 0 Å². The minimum Gasteiger partial charge on any atom is -0.464 e. The van der Waals surface area contributed by atoms with Gasteiger partial charge in [-0.05, 0) is 12.0 Å². The van der Waals surface area contributed by atoms with Gasteiger partial charge in [0.05, 0.1) is 6.54 Å². The van der Waals surface area contributed by atoms with Gasteiger partial charge in [0.25, 0.3) is 0 Å². The first kappa shape index (κ1) is 13.7. The predicted octanol–water partition coefficient (Wildman–Crippen LogP) is 1.22. The van der Waals surface area contributed by atoms with E-state index in [0.717, 1.165) is 0 Å². The Morgan fingerprint density at radius 3 is 2.53 bits per heavy atom. The fraction of sp³-hybridized carbons (Fsp3) is 0.636. The molecule has 0 saturated heterocycles. The second-order valence-electron chi connectivity index (χ2n) is 3.78. The first-order valence-corrected chi connectivity index (χ1v) is 5.00. The van der Waals surface area contributed by atoms with Crippen LogP contribution in [0.4, 0.5) is 0 Å². The molecule has 4 nitrogen and oxygen atoms in total. The van der Waals surface area contributed by atoms with Crippen LogP contribution in [0.2, 0.25) is 0 Å². The van der Waals surface area contributed by atoms with Gasteiger partial charge in [0, 0.05) is 13.5 Å². The van der Waals surface area contributed by atoms with Gasteiger partial charge in [-0.2, -0.15) is 0 Å². The molecule has 0 aromatic rings. The molecule has 0 N–H and O–H groups in total. The van der Waals surface area contributed by atoms with Crippen molar-refractivity contribution in [2.24, 2.45) is 5.92 Å². The number of carbonyl (C=O) groups is 2. The van der Waals surface area contributed by atoms with E-state index in [1.165, 1.54) is 11.0 Å². The van der Waals surface area contributed by atoms with Crippen LogP contribution in [0.25, 0.3) is 0 Å². The summed E-state index contributed by atoms with van der Waals surface area (Å²) in [5.41, 5.74) is 0. The zero-order valence-corrected chi connectivity index (χ0v) is 9.66. The van der Waals surface area contributed by atoms with E-state index in [1.807, 2.05) is 13.8 Å². The van der Waals surface area contributed by atoms with Crippen LogP contribution in [-0.2, 0) is 14.3 Å². The largest absolute Gasteiger partial charge is 0.464 e. The fourth-order valence-corrected chi connectivity index (χ4v) is 0.955. The average molecular weight is 213 g/mol. The third-order valence-corrected chi connectivity index (χ3v) is 1.82. The van der Waals surface area contributed by atoms with Crippen molar-refractivity contribution in [3.8, 4) is 0 Å². The number of ether oxygens (including phenoxy) is 1. The standard InChI is InChI=1S/C11H19NO3/c1-5-10(13)12(4)6-7-15-11(14)8-9(2)3/h5,9H,1,6-8H2,2-4H3. The van der Waals surface area contributed by atoms with Crippen molar-refractivity contribution < 1.29 is 14.3 Å². The van der Waals surface area contributed by atoms with Gasteiger partial charge in [-0.15, -0.1) is 0 Å². The molecule has 0 saturated carbocycles. The van der Waals surface area contributed by atoms with Gasteiger partial charge in [0.2, 0.25) is 5.91 Å². The third kappa shape index (κ3) is 6.71. The second-order valence-corrected chi connectivity index (χ2v) is 3.78. The highest BCUT2D eigenvalue weighted by atomic mass is 16.5. The summed E-state index contributed by atoms with van der Waals surface area (Å²) < 4.78 is 4.95. The summed E-state index contributed by atoms with van der Waals surface area (Å²) in [4.78, 5) is 23.6. The highest BCUT2D eigenvalue weighted by Crippen LogP contribution is 2.00. The highest BCUT2D eigenvalue weighted by molar-refractivity contribution is 5.86. The van der Waals surface area contributed by atoms with Crippen LogP contribution in [-0.4, -0.2) is 37.0 Å². The summed E-state index contributed by atoms with van der Waals surface area (Å²) in [6.45, 7) is 7.91. The zero-order valence-electron chi connectivity index (χ0n) is 9.66. The van der Waals surface area contributed by atoms with Gasteiger partial charge in [-0.1, -0.05) is 20.4 Å². The molecule has 86 valence electrons. The van der Waals surface area contributed by atoms with E-state index in [4.69, 9.17) is 4.74 Å². The van der Waals surface area contributed by atoms with E-state index in [-0.39, 0.29) is 18.5 Å². The van der Waals surface area contributed by atoms with Crippen molar-refractivity contribution in [3.05, 3.63) is 12.7 Å². The van der Waals surface area contributed by atoms with Gasteiger partial charge >= 0.3 is 5.97 Å². The quantitative estimate of drug-likeness (QED) is 0.492. The van der Waals surface area contributed by atoms with Crippen molar-refractivity contribution in [2.45, 2.75) is 20.3 Å². The van der Waals surface area contributed by atoms with Crippen molar-refractivity contribution >= 4 is 11.9 Å². The van der Waals surface area contributed by atoms with Crippen LogP contribution in [0.1, 0.15) is 20.3 Å². The smallest absolute Gasteiger partial charge is 0.306 e. The van der Waals surface area contributed by atoms with Gasteiger partial charge in [-0.3, -0.25) is 9.59 Å². The van der Waals surface area contributed by atoms with E-state index in [0.29, 0.717) is 18.9 Å². The topological polar surface area (TPSA) is 46.6 Å². The van der Waals surface area contributed by atoms with Crippen LogP contribution >= 0.6 is 0 Å². The molecule has 0 spiro atoms. The molecule has 1 amide bonds. The molecule has 4 heteroatoms. The Morgan fingerprint density at radius 1 is 1.47 bits per heavy atom. The molecule has 0 radical (unpaired) electrons. The van der Waals surface area contributed by atoms with E-state index in [9.17, 15) is 9.59 Å². The lowest BCUT2D eigenvalue weighted by molar-refractivity contribution is -0.145. The van der Waals surface area contributed by atoms with Crippen molar-refractivity contribution in [1.82, 2.24) is 4.90 Å². The van der Waals surface area contributed by atoms with Crippen molar-refractivity contribution in [3.63, 3.8) is 0 Å². The summed E-state index contributed by atoms with van der Waals surface area (Å²) in [5, 5.41) is 0. The van der Waals surface area contributed by atoms with Gasteiger partial charge < -0.3 is 9.64 Å². The molecule has 0 heterocycles. The van der Waals surface area contributed by atoms with Crippen molar-refractivity contribution in [2.75, 3.05) is 20.2 Å². The summed E-state index contributed by atoms with van der Waals surface area (Å²) in [7, 11) is 1.64. The monoisotopic (exact) mass is 213 g/mol. The number of hydrogen-bond acceptors (Lipinski definition) is 3. The van der Waals surface area contributed by atoms with E-state index >= 15 is 0 Å². The molecule has 0 aliphatic heterocycles. The normalized spacial score (nSPS) is 9.87. The van der Waals surface area contributed by atoms with Crippen LogP contribution in [0.5, 0.6) is 0 Å². The molecule has 0 atom stereocenters. The summed E-state index contributed by atoms with van der Waals surface area (Å²) in [6.07, 6.45) is 1.65. The predicted molar refractivity (Wildman–Crippen MR) is 58.2 cm³/mol. The summed E-state index contributed by atoms with van der Waals surface area (Å²) >= 11 is 0. The molecule has 0 rings (SSSR count). The van der Waals surface area contributed by atoms with Crippen LogP contribution in [0.15, 0.2) is 12.7 Å². The maximum atomic E-state index is 11.1. The fourth-order valence-electron chi connectivity index (χ4n) is 0.955. The minimum atomic E-state index is -0.218. The lowest BCUT2D eigenvalue weighted by Gasteiger charge is -2.14. The minimum absolute atomic E-state index is 0.171. The Hall–Kier alpha value is -1.32. The number of hydrogen-bond donors (Lipinski definition) is 0. The Labute approximate surface area is 90.9 Å². The van der Waals surface area contributed by atoms with Gasteiger partial charge in [0.1, 0.15) is 6.61 Å². The number of carbonyl (C=O) groups excluding carboxylic acids is 2. The summed E-state index contributed by atoms with van der Waals surface area (Å²) in [6, 6.07) is 0. The maximum Gasteiger partial charge on any atom is 0.306 e. The Bertz CT molecular complexity index is 236. The molecule has 0 aromatic carbocycles. The molecular weight excluding hydrogens is 194 g/mol. The lowest BCUT2D eigenvalue weighted by Crippen LogP contribution is -2.29. The molecule has 0 unspecified atom stereocenters. The number of nitrogens with zero attached hydrogens (tertiary/aromatic N) is 1. The zero-order chi connectivity index (χ0) is 11.8. The Morgan fingerprint density at radius 2 is 2.07 bits per heavy atom. The molecule has 0 aliphatic rings. The average Bonchev–Trinajstić information content (AvgIpc) is 2.15. The molecular formula is C11H19NO3. The number of amides is 1. The summed E-state index contributed by atoms with van der Waals surface area (Å²) in [5.74, 6) is -0.0932. The molecule has 0 aromatic heterocycles. The number of rotatable bonds is 6. The molecule has 0 fully saturated rings.